The van der Waals surface area contributed by atoms with Crippen LogP contribution >= 0.6 is 0 Å². The fourth-order valence-corrected chi connectivity index (χ4v) is 2.24. The van der Waals surface area contributed by atoms with Crippen LogP contribution in [0.25, 0.3) is 5.65 Å². The summed E-state index contributed by atoms with van der Waals surface area (Å²) in [6.45, 7) is 0. The van der Waals surface area contributed by atoms with Gasteiger partial charge in [-0.2, -0.15) is 13.2 Å². The number of alkyl halides is 3. The highest BCUT2D eigenvalue weighted by atomic mass is 19.4. The quantitative estimate of drug-likeness (QED) is 0.785. The summed E-state index contributed by atoms with van der Waals surface area (Å²) in [5.41, 5.74) is -0.308. The minimum Gasteiger partial charge on any atom is -0.382 e. The van der Waals surface area contributed by atoms with Crippen LogP contribution in [-0.4, -0.2) is 14.5 Å². The number of aliphatic hydroxyl groups is 1. The van der Waals surface area contributed by atoms with Crippen molar-refractivity contribution in [1.82, 2.24) is 9.38 Å². The van der Waals surface area contributed by atoms with Crippen LogP contribution in [-0.2, 0) is 6.18 Å². The van der Waals surface area contributed by atoms with E-state index in [1.807, 2.05) is 0 Å². The number of aromatic nitrogens is 2. The Hall–Kier alpha value is -2.34. The predicted molar refractivity (Wildman–Crippen MR) is 70.7 cm³/mol. The Labute approximate surface area is 118 Å². The third-order valence-electron chi connectivity index (χ3n) is 3.22. The zero-order valence-electron chi connectivity index (χ0n) is 10.7. The van der Waals surface area contributed by atoms with Gasteiger partial charge in [-0.1, -0.05) is 24.3 Å². The molecular formula is C15H11F3N2O. The van der Waals surface area contributed by atoms with Gasteiger partial charge < -0.3 is 9.51 Å². The monoisotopic (exact) mass is 292 g/mol. The van der Waals surface area contributed by atoms with Crippen LogP contribution in [0.2, 0.25) is 0 Å². The molecule has 2 heterocycles. The zero-order chi connectivity index (χ0) is 15.0. The molecule has 0 saturated heterocycles. The Morgan fingerprint density at radius 1 is 1.05 bits per heavy atom. The number of nitrogens with zero attached hydrogens (tertiary/aromatic N) is 2. The lowest BCUT2D eigenvalue weighted by Gasteiger charge is -2.15. The molecule has 0 aliphatic rings. The predicted octanol–water partition coefficient (Wildman–Crippen LogP) is 3.43. The van der Waals surface area contributed by atoms with Crippen LogP contribution in [0, 0.1) is 0 Å². The van der Waals surface area contributed by atoms with Crippen molar-refractivity contribution < 1.29 is 18.3 Å². The van der Waals surface area contributed by atoms with Gasteiger partial charge in [0.15, 0.2) is 0 Å². The topological polar surface area (TPSA) is 37.5 Å². The number of hydrogen-bond acceptors (Lipinski definition) is 2. The third-order valence-corrected chi connectivity index (χ3v) is 3.22. The van der Waals surface area contributed by atoms with Crippen LogP contribution in [0.1, 0.15) is 22.9 Å². The normalized spacial score (nSPS) is 13.5. The van der Waals surface area contributed by atoms with E-state index < -0.39 is 17.8 Å². The standard InChI is InChI=1S/C15H11F3N2O/c16-15(17,18)11-6-2-1-5-10(11)14(21)12-9-20-8-4-3-7-13(20)19-12/h1-9,14,21H. The maximum atomic E-state index is 13.0. The largest absolute Gasteiger partial charge is 0.416 e. The highest BCUT2D eigenvalue weighted by Gasteiger charge is 2.35. The second-order valence-electron chi connectivity index (χ2n) is 4.62. The van der Waals surface area contributed by atoms with E-state index in [0.717, 1.165) is 6.07 Å². The second kappa shape index (κ2) is 4.89. The van der Waals surface area contributed by atoms with E-state index in [1.165, 1.54) is 24.4 Å². The van der Waals surface area contributed by atoms with Crippen molar-refractivity contribution in [3.63, 3.8) is 0 Å². The minimum absolute atomic E-state index is 0.179. The number of benzene rings is 1. The number of hydrogen-bond donors (Lipinski definition) is 1. The van der Waals surface area contributed by atoms with E-state index >= 15 is 0 Å². The molecule has 0 saturated carbocycles. The van der Waals surface area contributed by atoms with Crippen molar-refractivity contribution in [3.8, 4) is 0 Å². The number of pyridine rings is 1. The van der Waals surface area contributed by atoms with Crippen molar-refractivity contribution in [2.45, 2.75) is 12.3 Å². The first-order valence-electron chi connectivity index (χ1n) is 6.24. The SMILES string of the molecule is OC(c1cn2ccccc2n1)c1ccccc1C(F)(F)F. The van der Waals surface area contributed by atoms with E-state index in [9.17, 15) is 18.3 Å². The number of imidazole rings is 1. The molecule has 0 aliphatic heterocycles. The molecule has 1 aromatic carbocycles. The summed E-state index contributed by atoms with van der Waals surface area (Å²) in [6, 6.07) is 10.2. The molecule has 21 heavy (non-hydrogen) atoms. The smallest absolute Gasteiger partial charge is 0.382 e. The molecule has 0 radical (unpaired) electrons. The number of halogens is 3. The van der Waals surface area contributed by atoms with Crippen molar-refractivity contribution in [2.24, 2.45) is 0 Å². The summed E-state index contributed by atoms with van der Waals surface area (Å²) in [5.74, 6) is 0. The van der Waals surface area contributed by atoms with Gasteiger partial charge in [-0.25, -0.2) is 4.98 Å². The number of aliphatic hydroxyl groups excluding tert-OH is 1. The van der Waals surface area contributed by atoms with Gasteiger partial charge in [0.2, 0.25) is 0 Å². The molecule has 3 aromatic rings. The van der Waals surface area contributed by atoms with Crippen molar-refractivity contribution in [1.29, 1.82) is 0 Å². The molecule has 0 amide bonds. The Bertz CT molecular complexity index is 747. The first-order chi connectivity index (χ1) is 9.97. The van der Waals surface area contributed by atoms with Gasteiger partial charge in [-0.3, -0.25) is 0 Å². The number of fused-ring (bicyclic) bond motifs is 1. The van der Waals surface area contributed by atoms with Crippen LogP contribution in [0.3, 0.4) is 0 Å². The van der Waals surface area contributed by atoms with Gasteiger partial charge >= 0.3 is 6.18 Å². The summed E-state index contributed by atoms with van der Waals surface area (Å²) in [6.07, 6.45) is -2.71. The van der Waals surface area contributed by atoms with Gasteiger partial charge in [-0.05, 0) is 23.8 Å². The molecule has 0 bridgehead atoms. The lowest BCUT2D eigenvalue weighted by molar-refractivity contribution is -0.139. The van der Waals surface area contributed by atoms with E-state index in [1.54, 1.807) is 28.8 Å². The summed E-state index contributed by atoms with van der Waals surface area (Å²) in [5, 5.41) is 10.3. The van der Waals surface area contributed by atoms with Crippen LogP contribution in [0.4, 0.5) is 13.2 Å². The van der Waals surface area contributed by atoms with Gasteiger partial charge in [0.25, 0.3) is 0 Å². The van der Waals surface area contributed by atoms with Gasteiger partial charge in [0.1, 0.15) is 11.8 Å². The van der Waals surface area contributed by atoms with Crippen molar-refractivity contribution in [2.75, 3.05) is 0 Å². The molecular weight excluding hydrogens is 281 g/mol. The first kappa shape index (κ1) is 13.6. The van der Waals surface area contributed by atoms with Crippen LogP contribution in [0.5, 0.6) is 0 Å². The molecule has 6 heteroatoms. The third kappa shape index (κ3) is 2.50. The first-order valence-corrected chi connectivity index (χ1v) is 6.24. The molecule has 0 aliphatic carbocycles. The molecule has 2 aromatic heterocycles. The molecule has 3 nitrogen and oxygen atoms in total. The molecule has 0 spiro atoms. The molecule has 108 valence electrons. The summed E-state index contributed by atoms with van der Waals surface area (Å²) < 4.78 is 40.6. The molecule has 1 unspecified atom stereocenters. The van der Waals surface area contributed by atoms with E-state index in [2.05, 4.69) is 4.98 Å². The van der Waals surface area contributed by atoms with Crippen molar-refractivity contribution >= 4 is 5.65 Å². The summed E-state index contributed by atoms with van der Waals surface area (Å²) in [4.78, 5) is 4.16. The molecule has 0 fully saturated rings. The average molecular weight is 292 g/mol. The summed E-state index contributed by atoms with van der Waals surface area (Å²) >= 11 is 0. The fourth-order valence-electron chi connectivity index (χ4n) is 2.24. The van der Waals surface area contributed by atoms with Crippen molar-refractivity contribution in [3.05, 3.63) is 71.7 Å². The van der Waals surface area contributed by atoms with E-state index in [4.69, 9.17) is 0 Å². The molecule has 3 rings (SSSR count). The fraction of sp³-hybridized carbons (Fsp3) is 0.133. The average Bonchev–Trinajstić information content (AvgIpc) is 2.89. The van der Waals surface area contributed by atoms with Gasteiger partial charge in [-0.15, -0.1) is 0 Å². The molecule has 1 atom stereocenters. The van der Waals surface area contributed by atoms with E-state index in [0.29, 0.717) is 5.65 Å². The lowest BCUT2D eigenvalue weighted by atomic mass is 10.0. The summed E-state index contributed by atoms with van der Waals surface area (Å²) in [7, 11) is 0. The van der Waals surface area contributed by atoms with Crippen LogP contribution < -0.4 is 0 Å². The van der Waals surface area contributed by atoms with Gasteiger partial charge in [0.05, 0.1) is 11.3 Å². The highest BCUT2D eigenvalue weighted by molar-refractivity contribution is 5.42. The zero-order valence-corrected chi connectivity index (χ0v) is 10.7. The molecule has 1 N–H and O–H groups in total. The maximum absolute atomic E-state index is 13.0. The van der Waals surface area contributed by atoms with E-state index in [-0.39, 0.29) is 11.3 Å². The Balaban J connectivity index is 2.08. The van der Waals surface area contributed by atoms with Gasteiger partial charge in [0, 0.05) is 12.4 Å². The lowest BCUT2D eigenvalue weighted by Crippen LogP contribution is -2.12. The Morgan fingerprint density at radius 2 is 1.76 bits per heavy atom. The maximum Gasteiger partial charge on any atom is 0.416 e. The Morgan fingerprint density at radius 3 is 2.48 bits per heavy atom. The highest BCUT2D eigenvalue weighted by Crippen LogP contribution is 2.36. The minimum atomic E-state index is -4.52. The Kier molecular flexibility index (Phi) is 3.17. The van der Waals surface area contributed by atoms with Crippen LogP contribution in [0.15, 0.2) is 54.9 Å². The second-order valence-corrected chi connectivity index (χ2v) is 4.62. The number of rotatable bonds is 2.